The number of nitrogens with zero attached hydrogens (tertiary/aromatic N) is 1. The second-order valence-corrected chi connectivity index (χ2v) is 25.5. The number of imidazole rings is 1. The molecule has 6 rings (SSSR count). The van der Waals surface area contributed by atoms with E-state index in [9.17, 15) is 87.9 Å². The Morgan fingerprint density at radius 3 is 1.57 bits per heavy atom. The van der Waals surface area contributed by atoms with Crippen LogP contribution in [0.1, 0.15) is 81.0 Å². The zero-order valence-electron chi connectivity index (χ0n) is 58.6. The van der Waals surface area contributed by atoms with Crippen LogP contribution in [0.25, 0.3) is 22.3 Å². The third kappa shape index (κ3) is 24.8. The van der Waals surface area contributed by atoms with Gasteiger partial charge >= 0.3 is 11.9 Å². The van der Waals surface area contributed by atoms with Crippen molar-refractivity contribution in [3.63, 3.8) is 0 Å². The number of aromatic nitrogens is 2. The molecule has 6 aromatic rings. The van der Waals surface area contributed by atoms with Crippen LogP contribution in [0.3, 0.4) is 0 Å². The molecule has 0 saturated heterocycles. The molecule has 32 heteroatoms. The van der Waals surface area contributed by atoms with E-state index in [1.54, 1.807) is 54.6 Å². The van der Waals surface area contributed by atoms with Crippen molar-refractivity contribution in [1.82, 2.24) is 63.1 Å². The van der Waals surface area contributed by atoms with Crippen LogP contribution in [-0.2, 0) is 94.4 Å². The number of nitrogens with one attached hydrogen (secondary N) is 11. The predicted molar refractivity (Wildman–Crippen MR) is 381 cm³/mol. The number of aliphatic hydroxyl groups excluding tert-OH is 3. The Labute approximate surface area is 604 Å². The highest BCUT2D eigenvalue weighted by Crippen LogP contribution is 2.26. The van der Waals surface area contributed by atoms with Crippen molar-refractivity contribution in [2.45, 2.75) is 159 Å². The number of carboxylic acids is 2. The zero-order chi connectivity index (χ0) is 77.2. The lowest BCUT2D eigenvalue weighted by atomic mass is 9.90. The van der Waals surface area contributed by atoms with Gasteiger partial charge in [-0.3, -0.25) is 62.3 Å². The van der Waals surface area contributed by atoms with Gasteiger partial charge in [-0.2, -0.15) is 0 Å². The molecule has 0 aliphatic carbocycles. The van der Waals surface area contributed by atoms with Gasteiger partial charge in [-0.1, -0.05) is 134 Å². The zero-order valence-corrected chi connectivity index (χ0v) is 58.6. The Morgan fingerprint density at radius 2 is 1.02 bits per heavy atom. The highest BCUT2D eigenvalue weighted by molar-refractivity contribution is 6.01. The van der Waals surface area contributed by atoms with E-state index in [0.717, 1.165) is 53.6 Å². The van der Waals surface area contributed by atoms with Crippen molar-refractivity contribution in [2.75, 3.05) is 13.2 Å². The van der Waals surface area contributed by atoms with Gasteiger partial charge in [0.05, 0.1) is 50.6 Å². The van der Waals surface area contributed by atoms with E-state index in [2.05, 4.69) is 63.1 Å². The summed E-state index contributed by atoms with van der Waals surface area (Å²) in [5.41, 5.74) is 17.4. The number of aryl methyl sites for hydroxylation is 2. The van der Waals surface area contributed by atoms with Crippen molar-refractivity contribution < 1.29 is 87.9 Å². The molecule has 12 atom stereocenters. The normalized spacial score (nSPS) is 14.8. The fourth-order valence-corrected chi connectivity index (χ4v) is 11.2. The molecule has 1 aromatic heterocycles. The first kappa shape index (κ1) is 82.2. The Morgan fingerprint density at radius 1 is 0.524 bits per heavy atom. The van der Waals surface area contributed by atoms with Crippen LogP contribution in [0.5, 0.6) is 0 Å². The molecule has 11 amide bonds. The van der Waals surface area contributed by atoms with E-state index in [-0.39, 0.29) is 25.7 Å². The number of H-pyrrole nitrogens is 1. The predicted octanol–water partition coefficient (Wildman–Crippen LogP) is -1.71. The second kappa shape index (κ2) is 39.1. The molecule has 0 spiro atoms. The number of carbonyl (C=O) groups excluding carboxylic acids is 11. The number of benzene rings is 5. The number of carboxylic acid groups (broad SMARTS) is 2. The maximum atomic E-state index is 14.6. The van der Waals surface area contributed by atoms with E-state index in [0.29, 0.717) is 22.4 Å². The van der Waals surface area contributed by atoms with E-state index < -0.39 is 175 Å². The van der Waals surface area contributed by atoms with Crippen LogP contribution in [0.15, 0.2) is 140 Å². The van der Waals surface area contributed by atoms with Crippen LogP contribution in [0.2, 0.25) is 0 Å². The van der Waals surface area contributed by atoms with Crippen LogP contribution < -0.4 is 64.6 Å². The summed E-state index contributed by atoms with van der Waals surface area (Å²) in [5, 5.41) is 75.3. The fraction of sp³-hybridized carbons (Fsp3) is 0.370. The Kier molecular flexibility index (Phi) is 30.6. The van der Waals surface area contributed by atoms with Gasteiger partial charge < -0.3 is 95.2 Å². The maximum Gasteiger partial charge on any atom is 0.305 e. The minimum Gasteiger partial charge on any atom is -0.481 e. The lowest BCUT2D eigenvalue weighted by Gasteiger charge is -2.34. The third-order valence-electron chi connectivity index (χ3n) is 17.0. The molecule has 32 nitrogen and oxygen atoms in total. The van der Waals surface area contributed by atoms with E-state index in [1.165, 1.54) is 26.4 Å². The number of carbonyl (C=O) groups is 13. The topological polar surface area (TPSA) is 524 Å². The first-order chi connectivity index (χ1) is 49.8. The Hall–Kier alpha value is -11.7. The molecule has 0 bridgehead atoms. The molecule has 0 saturated carbocycles. The summed E-state index contributed by atoms with van der Waals surface area (Å²) < 4.78 is 0. The average molecular weight is 1450 g/mol. The van der Waals surface area contributed by atoms with E-state index >= 15 is 0 Å². The summed E-state index contributed by atoms with van der Waals surface area (Å²) in [4.78, 5) is 182. The number of nitrogens with two attached hydrogens (primary N) is 2. The standard InChI is InChI=1S/C73H90N14O18/c1-7-46-18-12-14-20-51(46)48-27-23-44(24-28-48)30-54(67(100)80-53(63(75)96)29-43-21-25-47(26-22-43)50-19-13-11-15-39(50)2)82-68(101)56(33-60(94)95)83-69(102)57(37-88)84-70(103)61(41(4)89)86-72(105)73(6,34-45-16-9-8-10-17-45)87-71(104)62(42(5)90)85-58(91)36-77-66(99)55(32-59(92)93)81-64(97)40(3)79-65(98)52(74)31-49-35-76-38-78-49/h8-28,35,38,40-42,52-57,61-62,88-90H,7,29-34,36-37,74H2,1-6H3,(H2,75,96)(H,76,78)(H,77,99)(H,79,98)(H,80,100)(H,81,97)(H,82,101)(H,83,102)(H,84,103)(H,85,91)(H,86,105)(H,87,104)(H,92,93)(H,94,95)/t40-,41-,42-,52+,53+,54+,55+,56+,57+,61+,62+,73+/m1/s1. The molecule has 560 valence electrons. The summed E-state index contributed by atoms with van der Waals surface area (Å²) in [7, 11) is 0. The Bertz CT molecular complexity index is 4050. The molecule has 0 unspecified atom stereocenters. The van der Waals surface area contributed by atoms with Crippen LogP contribution in [0.4, 0.5) is 0 Å². The lowest BCUT2D eigenvalue weighted by molar-refractivity contribution is -0.142. The number of rotatable bonds is 39. The number of aliphatic hydroxyl groups is 3. The molecular formula is C73H90N14O18. The summed E-state index contributed by atoms with van der Waals surface area (Å²) in [6.07, 6.45) is -2.89. The minimum absolute atomic E-state index is 0.0205. The molecule has 0 aliphatic rings. The average Bonchev–Trinajstić information content (AvgIpc) is 1.04. The van der Waals surface area contributed by atoms with Crippen LogP contribution >= 0.6 is 0 Å². The smallest absolute Gasteiger partial charge is 0.305 e. The van der Waals surface area contributed by atoms with Crippen LogP contribution in [-0.4, -0.2) is 198 Å². The van der Waals surface area contributed by atoms with Crippen molar-refractivity contribution in [3.8, 4) is 22.3 Å². The summed E-state index contributed by atoms with van der Waals surface area (Å²) in [6, 6.07) is 22.4. The van der Waals surface area contributed by atoms with Gasteiger partial charge in [0.2, 0.25) is 65.0 Å². The largest absolute Gasteiger partial charge is 0.481 e. The monoisotopic (exact) mass is 1450 g/mol. The van der Waals surface area contributed by atoms with Gasteiger partial charge in [0.1, 0.15) is 53.9 Å². The molecule has 5 aromatic carbocycles. The van der Waals surface area contributed by atoms with E-state index in [4.69, 9.17) is 11.5 Å². The van der Waals surface area contributed by atoms with Crippen molar-refractivity contribution in [1.29, 1.82) is 0 Å². The molecule has 105 heavy (non-hydrogen) atoms. The highest BCUT2D eigenvalue weighted by atomic mass is 16.4. The van der Waals surface area contributed by atoms with Crippen molar-refractivity contribution >= 4 is 76.9 Å². The summed E-state index contributed by atoms with van der Waals surface area (Å²) in [5.74, 6) is -15.6. The summed E-state index contributed by atoms with van der Waals surface area (Å²) >= 11 is 0. The van der Waals surface area contributed by atoms with Gasteiger partial charge in [-0.25, -0.2) is 4.98 Å². The van der Waals surface area contributed by atoms with Crippen molar-refractivity contribution in [2.24, 2.45) is 11.5 Å². The molecule has 0 radical (unpaired) electrons. The second-order valence-electron chi connectivity index (χ2n) is 25.5. The van der Waals surface area contributed by atoms with Gasteiger partial charge in [0.25, 0.3) is 0 Å². The molecule has 20 N–H and O–H groups in total. The number of amides is 11. The lowest BCUT2D eigenvalue weighted by Crippen LogP contribution is -2.67. The first-order valence-corrected chi connectivity index (χ1v) is 33.6. The highest BCUT2D eigenvalue weighted by Gasteiger charge is 2.42. The molecule has 1 heterocycles. The number of hydrogen-bond acceptors (Lipinski definition) is 18. The maximum absolute atomic E-state index is 14.6. The quantitative estimate of drug-likeness (QED) is 0.0204. The summed E-state index contributed by atoms with van der Waals surface area (Å²) in [6.45, 7) is 6.30. The molecular weight excluding hydrogens is 1360 g/mol. The Balaban J connectivity index is 1.15. The SMILES string of the molecule is CCc1ccccc1-c1ccc(C[C@H](NC(=O)[C@H](CC(=O)O)NC(=O)[C@H](CO)NC(=O)[C@@H](NC(=O)[C@](C)(Cc2ccccc2)NC(=O)[C@@H](NC(=O)CNC(=O)[C@H](CC(=O)O)NC(=O)[C@@H](C)NC(=O)[C@@H](N)Cc2cnc[nH]2)[C@@H](C)O)[C@@H](C)O)C(=O)N[C@@H](Cc2ccc(-c3ccccc3C)cc2)C(N)=O)cc1. The molecule has 0 fully saturated rings. The minimum atomic E-state index is -2.18. The number of hydrogen-bond donors (Lipinski definition) is 18. The number of primary amides is 1. The van der Waals surface area contributed by atoms with E-state index in [1.807, 2.05) is 86.6 Å². The molecule has 0 aliphatic heterocycles. The fourth-order valence-electron chi connectivity index (χ4n) is 11.2. The van der Waals surface area contributed by atoms with Gasteiger partial charge in [-0.05, 0) is 91.1 Å². The van der Waals surface area contributed by atoms with Gasteiger partial charge in [0.15, 0.2) is 0 Å². The number of aliphatic carboxylic acids is 2. The number of aromatic amines is 1. The third-order valence-corrected chi connectivity index (χ3v) is 17.0. The van der Waals surface area contributed by atoms with Gasteiger partial charge in [0, 0.05) is 37.6 Å². The first-order valence-electron chi connectivity index (χ1n) is 33.6. The van der Waals surface area contributed by atoms with Crippen molar-refractivity contribution in [3.05, 3.63) is 173 Å². The van der Waals surface area contributed by atoms with Crippen LogP contribution in [0, 0.1) is 6.92 Å². The van der Waals surface area contributed by atoms with Gasteiger partial charge in [-0.15, -0.1) is 0 Å².